The standard InChI is InChI=1S/C13H18N2O3/c1-15(9-7-14-8-9)13(16)12-10(17-2)5-4-6-11(12)18-3/h4-6,9,14H,7-8H2,1-3H3. The number of hydrogen-bond acceptors (Lipinski definition) is 4. The third-order valence-electron chi connectivity index (χ3n) is 3.27. The van der Waals surface area contributed by atoms with Crippen molar-refractivity contribution in [2.24, 2.45) is 0 Å². The zero-order chi connectivity index (χ0) is 13.1. The molecule has 18 heavy (non-hydrogen) atoms. The van der Waals surface area contributed by atoms with Crippen LogP contribution in [-0.4, -0.2) is 51.2 Å². The summed E-state index contributed by atoms with van der Waals surface area (Å²) in [5.41, 5.74) is 0.483. The maximum atomic E-state index is 12.5. The first kappa shape index (κ1) is 12.7. The number of ether oxygens (including phenoxy) is 2. The van der Waals surface area contributed by atoms with Gasteiger partial charge in [0.2, 0.25) is 0 Å². The maximum absolute atomic E-state index is 12.5. The number of hydrogen-bond donors (Lipinski definition) is 1. The van der Waals surface area contributed by atoms with Gasteiger partial charge in [0.05, 0.1) is 20.3 Å². The molecule has 0 aromatic heterocycles. The van der Waals surface area contributed by atoms with E-state index in [4.69, 9.17) is 9.47 Å². The number of benzene rings is 1. The van der Waals surface area contributed by atoms with Crippen molar-refractivity contribution in [3.8, 4) is 11.5 Å². The Bertz CT molecular complexity index is 422. The Hall–Kier alpha value is -1.75. The SMILES string of the molecule is COc1cccc(OC)c1C(=O)N(C)C1CNC1. The normalized spacial score (nSPS) is 14.8. The summed E-state index contributed by atoms with van der Waals surface area (Å²) in [6, 6.07) is 5.58. The number of likely N-dealkylation sites (N-methyl/N-ethyl adjacent to an activating group) is 1. The monoisotopic (exact) mass is 250 g/mol. The Balaban J connectivity index is 2.32. The smallest absolute Gasteiger partial charge is 0.261 e. The van der Waals surface area contributed by atoms with Crippen molar-refractivity contribution >= 4 is 5.91 Å². The van der Waals surface area contributed by atoms with Gasteiger partial charge in [0, 0.05) is 20.1 Å². The molecule has 1 heterocycles. The van der Waals surface area contributed by atoms with Crippen molar-refractivity contribution in [1.82, 2.24) is 10.2 Å². The van der Waals surface area contributed by atoms with Gasteiger partial charge in [-0.15, -0.1) is 0 Å². The zero-order valence-corrected chi connectivity index (χ0v) is 10.9. The summed E-state index contributed by atoms with van der Waals surface area (Å²) in [5.74, 6) is 1.01. The van der Waals surface area contributed by atoms with Crippen LogP contribution in [0.4, 0.5) is 0 Å². The van der Waals surface area contributed by atoms with Gasteiger partial charge in [-0.1, -0.05) is 6.07 Å². The van der Waals surface area contributed by atoms with Gasteiger partial charge < -0.3 is 19.7 Å². The number of nitrogens with zero attached hydrogens (tertiary/aromatic N) is 1. The predicted molar refractivity (Wildman–Crippen MR) is 68.3 cm³/mol. The van der Waals surface area contributed by atoms with Gasteiger partial charge in [-0.05, 0) is 12.1 Å². The van der Waals surface area contributed by atoms with Crippen molar-refractivity contribution in [2.45, 2.75) is 6.04 Å². The number of rotatable bonds is 4. The van der Waals surface area contributed by atoms with E-state index in [2.05, 4.69) is 5.32 Å². The first-order chi connectivity index (χ1) is 8.69. The van der Waals surface area contributed by atoms with Gasteiger partial charge in [-0.25, -0.2) is 0 Å². The van der Waals surface area contributed by atoms with Crippen molar-refractivity contribution < 1.29 is 14.3 Å². The Morgan fingerprint density at radius 2 is 1.83 bits per heavy atom. The summed E-state index contributed by atoms with van der Waals surface area (Å²) in [4.78, 5) is 14.2. The maximum Gasteiger partial charge on any atom is 0.261 e. The summed E-state index contributed by atoms with van der Waals surface area (Å²) < 4.78 is 10.5. The molecule has 0 saturated carbocycles. The number of carbonyl (C=O) groups excluding carboxylic acids is 1. The highest BCUT2D eigenvalue weighted by Crippen LogP contribution is 2.29. The third kappa shape index (κ3) is 2.13. The average Bonchev–Trinajstić information content (AvgIpc) is 2.34. The molecule has 98 valence electrons. The lowest BCUT2D eigenvalue weighted by Gasteiger charge is -2.36. The minimum Gasteiger partial charge on any atom is -0.496 e. The molecule has 1 amide bonds. The lowest BCUT2D eigenvalue weighted by atomic mass is 10.1. The first-order valence-electron chi connectivity index (χ1n) is 5.88. The van der Waals surface area contributed by atoms with E-state index in [0.717, 1.165) is 13.1 Å². The van der Waals surface area contributed by atoms with Gasteiger partial charge in [0.15, 0.2) is 0 Å². The molecule has 0 unspecified atom stereocenters. The molecule has 5 heteroatoms. The van der Waals surface area contributed by atoms with Crippen LogP contribution < -0.4 is 14.8 Å². The molecule has 1 aromatic carbocycles. The van der Waals surface area contributed by atoms with Gasteiger partial charge in [0.1, 0.15) is 17.1 Å². The fourth-order valence-corrected chi connectivity index (χ4v) is 1.95. The molecule has 1 aliphatic rings. The van der Waals surface area contributed by atoms with E-state index < -0.39 is 0 Å². The predicted octanol–water partition coefficient (Wildman–Crippen LogP) is 0.748. The lowest BCUT2D eigenvalue weighted by Crippen LogP contribution is -2.57. The molecule has 0 radical (unpaired) electrons. The fraction of sp³-hybridized carbons (Fsp3) is 0.462. The van der Waals surface area contributed by atoms with E-state index in [9.17, 15) is 4.79 Å². The molecule has 1 aliphatic heterocycles. The van der Waals surface area contributed by atoms with Gasteiger partial charge in [-0.2, -0.15) is 0 Å². The molecule has 1 N–H and O–H groups in total. The van der Waals surface area contributed by atoms with Crippen molar-refractivity contribution in [2.75, 3.05) is 34.4 Å². The second-order valence-corrected chi connectivity index (χ2v) is 4.27. The minimum atomic E-state index is -0.0733. The van der Waals surface area contributed by atoms with Crippen LogP contribution in [0, 0.1) is 0 Å². The lowest BCUT2D eigenvalue weighted by molar-refractivity contribution is 0.0674. The van der Waals surface area contributed by atoms with E-state index in [1.165, 1.54) is 0 Å². The van der Waals surface area contributed by atoms with Crippen molar-refractivity contribution in [1.29, 1.82) is 0 Å². The highest BCUT2D eigenvalue weighted by Gasteiger charge is 2.29. The first-order valence-corrected chi connectivity index (χ1v) is 5.88. The number of methoxy groups -OCH3 is 2. The van der Waals surface area contributed by atoms with Crippen LogP contribution in [0.5, 0.6) is 11.5 Å². The summed E-state index contributed by atoms with van der Waals surface area (Å²) in [7, 11) is 4.91. The molecular formula is C13H18N2O3. The van der Waals surface area contributed by atoms with E-state index in [1.54, 1.807) is 44.4 Å². The highest BCUT2D eigenvalue weighted by molar-refractivity contribution is 5.99. The van der Waals surface area contributed by atoms with Crippen LogP contribution in [0.15, 0.2) is 18.2 Å². The molecule has 0 aliphatic carbocycles. The van der Waals surface area contributed by atoms with Crippen LogP contribution >= 0.6 is 0 Å². The van der Waals surface area contributed by atoms with Gasteiger partial charge in [-0.3, -0.25) is 4.79 Å². The second kappa shape index (κ2) is 5.27. The molecule has 5 nitrogen and oxygen atoms in total. The average molecular weight is 250 g/mol. The van der Waals surface area contributed by atoms with E-state index in [0.29, 0.717) is 17.1 Å². The number of amides is 1. The molecular weight excluding hydrogens is 232 g/mol. The third-order valence-corrected chi connectivity index (χ3v) is 3.27. The molecule has 0 spiro atoms. The van der Waals surface area contributed by atoms with Crippen molar-refractivity contribution in [3.05, 3.63) is 23.8 Å². The molecule has 1 aromatic rings. The molecule has 1 saturated heterocycles. The van der Waals surface area contributed by atoms with E-state index in [-0.39, 0.29) is 11.9 Å². The number of nitrogens with one attached hydrogen (secondary N) is 1. The quantitative estimate of drug-likeness (QED) is 0.856. The van der Waals surface area contributed by atoms with Crippen LogP contribution in [0.2, 0.25) is 0 Å². The second-order valence-electron chi connectivity index (χ2n) is 4.27. The Kier molecular flexibility index (Phi) is 3.72. The molecule has 1 fully saturated rings. The molecule has 0 atom stereocenters. The van der Waals surface area contributed by atoms with E-state index in [1.807, 2.05) is 0 Å². The van der Waals surface area contributed by atoms with Gasteiger partial charge >= 0.3 is 0 Å². The zero-order valence-electron chi connectivity index (χ0n) is 10.9. The molecule has 0 bridgehead atoms. The van der Waals surface area contributed by atoms with Gasteiger partial charge in [0.25, 0.3) is 5.91 Å². The van der Waals surface area contributed by atoms with E-state index >= 15 is 0 Å². The Morgan fingerprint density at radius 3 is 2.22 bits per heavy atom. The fourth-order valence-electron chi connectivity index (χ4n) is 1.95. The van der Waals surface area contributed by atoms with Crippen LogP contribution in [0.25, 0.3) is 0 Å². The Morgan fingerprint density at radius 1 is 1.28 bits per heavy atom. The summed E-state index contributed by atoms with van der Waals surface area (Å²) in [6.07, 6.45) is 0. The topological polar surface area (TPSA) is 50.8 Å². The van der Waals surface area contributed by atoms with Crippen LogP contribution in [-0.2, 0) is 0 Å². The summed E-state index contributed by atoms with van der Waals surface area (Å²) in [6.45, 7) is 1.67. The summed E-state index contributed by atoms with van der Waals surface area (Å²) >= 11 is 0. The van der Waals surface area contributed by atoms with Crippen LogP contribution in [0.3, 0.4) is 0 Å². The molecule has 2 rings (SSSR count). The summed E-state index contributed by atoms with van der Waals surface area (Å²) in [5, 5.41) is 3.15. The van der Waals surface area contributed by atoms with Crippen LogP contribution in [0.1, 0.15) is 10.4 Å². The number of carbonyl (C=O) groups is 1. The Labute approximate surface area is 107 Å². The van der Waals surface area contributed by atoms with Crippen molar-refractivity contribution in [3.63, 3.8) is 0 Å². The largest absolute Gasteiger partial charge is 0.496 e. The highest BCUT2D eigenvalue weighted by atomic mass is 16.5. The minimum absolute atomic E-state index is 0.0733.